The maximum atomic E-state index is 4.24. The molecule has 1 nitrogen and oxygen atoms in total. The van der Waals surface area contributed by atoms with Gasteiger partial charge in [-0.25, -0.2) is 0 Å². The molecule has 74 valence electrons. The van der Waals surface area contributed by atoms with Crippen LogP contribution >= 0.6 is 0 Å². The lowest BCUT2D eigenvalue weighted by atomic mass is 9.99. The van der Waals surface area contributed by atoms with Gasteiger partial charge in [-0.2, -0.15) is 0 Å². The van der Waals surface area contributed by atoms with Gasteiger partial charge in [-0.15, -0.1) is 0 Å². The summed E-state index contributed by atoms with van der Waals surface area (Å²) < 4.78 is 0. The lowest BCUT2D eigenvalue weighted by molar-refractivity contribution is 0.834. The highest BCUT2D eigenvalue weighted by atomic mass is 14.6. The normalized spacial score (nSPS) is 13.9. The van der Waals surface area contributed by atoms with Crippen molar-refractivity contribution in [3.05, 3.63) is 53.9 Å². The molecule has 1 heteroatoms. The molecule has 1 aromatic carbocycles. The van der Waals surface area contributed by atoms with Gasteiger partial charge in [-0.05, 0) is 42.0 Å². The molecule has 0 saturated carbocycles. The monoisotopic (exact) mass is 195 g/mol. The second kappa shape index (κ2) is 3.50. The van der Waals surface area contributed by atoms with Crippen molar-refractivity contribution in [3.8, 4) is 11.1 Å². The highest BCUT2D eigenvalue weighted by Crippen LogP contribution is 2.31. The number of nitrogens with zero attached hydrogens (tertiary/aromatic N) is 1. The fraction of sp³-hybridized carbons (Fsp3) is 0.214. The molecule has 1 heterocycles. The summed E-state index contributed by atoms with van der Waals surface area (Å²) in [4.78, 5) is 4.24. The first-order chi connectivity index (χ1) is 7.45. The van der Waals surface area contributed by atoms with Crippen LogP contribution in [0.3, 0.4) is 0 Å². The summed E-state index contributed by atoms with van der Waals surface area (Å²) >= 11 is 0. The van der Waals surface area contributed by atoms with E-state index in [2.05, 4.69) is 35.3 Å². The number of hydrogen-bond acceptors (Lipinski definition) is 1. The Labute approximate surface area is 89.8 Å². The molecular weight excluding hydrogens is 182 g/mol. The van der Waals surface area contributed by atoms with Crippen LogP contribution in [0.15, 0.2) is 42.7 Å². The highest BCUT2D eigenvalue weighted by molar-refractivity contribution is 5.70. The van der Waals surface area contributed by atoms with Crippen molar-refractivity contribution in [1.82, 2.24) is 4.98 Å². The Morgan fingerprint density at radius 3 is 2.60 bits per heavy atom. The fourth-order valence-corrected chi connectivity index (χ4v) is 2.35. The second-order valence-electron chi connectivity index (χ2n) is 4.04. The Morgan fingerprint density at radius 1 is 0.867 bits per heavy atom. The van der Waals surface area contributed by atoms with E-state index < -0.39 is 0 Å². The summed E-state index contributed by atoms with van der Waals surface area (Å²) in [7, 11) is 0. The maximum Gasteiger partial charge on any atom is 0.0349 e. The Balaban J connectivity index is 2.27. The first-order valence-corrected chi connectivity index (χ1v) is 5.46. The zero-order valence-corrected chi connectivity index (χ0v) is 8.61. The molecule has 1 aliphatic rings. The van der Waals surface area contributed by atoms with E-state index in [9.17, 15) is 0 Å². The summed E-state index contributed by atoms with van der Waals surface area (Å²) in [5.74, 6) is 0. The minimum atomic E-state index is 1.17. The van der Waals surface area contributed by atoms with Gasteiger partial charge in [0.1, 0.15) is 0 Å². The zero-order chi connectivity index (χ0) is 10.1. The second-order valence-corrected chi connectivity index (χ2v) is 4.04. The quantitative estimate of drug-likeness (QED) is 0.629. The average molecular weight is 195 g/mol. The predicted molar refractivity (Wildman–Crippen MR) is 61.7 cm³/mol. The van der Waals surface area contributed by atoms with Crippen molar-refractivity contribution < 1.29 is 0 Å². The van der Waals surface area contributed by atoms with Gasteiger partial charge >= 0.3 is 0 Å². The van der Waals surface area contributed by atoms with Crippen LogP contribution in [0.5, 0.6) is 0 Å². The molecule has 1 aromatic heterocycles. The van der Waals surface area contributed by atoms with Crippen LogP contribution in [-0.2, 0) is 12.8 Å². The van der Waals surface area contributed by atoms with Crippen LogP contribution in [-0.4, -0.2) is 4.98 Å². The van der Waals surface area contributed by atoms with Crippen molar-refractivity contribution in [1.29, 1.82) is 0 Å². The molecule has 0 aliphatic heterocycles. The predicted octanol–water partition coefficient (Wildman–Crippen LogP) is 3.24. The van der Waals surface area contributed by atoms with Gasteiger partial charge in [0.25, 0.3) is 0 Å². The van der Waals surface area contributed by atoms with Crippen LogP contribution < -0.4 is 0 Å². The van der Waals surface area contributed by atoms with E-state index in [-0.39, 0.29) is 0 Å². The first kappa shape index (κ1) is 8.66. The van der Waals surface area contributed by atoms with E-state index in [1.165, 1.54) is 41.5 Å². The molecule has 0 amide bonds. The van der Waals surface area contributed by atoms with Crippen molar-refractivity contribution in [2.45, 2.75) is 19.3 Å². The summed E-state index contributed by atoms with van der Waals surface area (Å²) in [6, 6.07) is 10.8. The maximum absolute atomic E-state index is 4.24. The van der Waals surface area contributed by atoms with Crippen molar-refractivity contribution in [2.75, 3.05) is 0 Å². The van der Waals surface area contributed by atoms with Gasteiger partial charge < -0.3 is 0 Å². The molecule has 0 bridgehead atoms. The minimum Gasteiger partial charge on any atom is -0.264 e. The third-order valence-electron chi connectivity index (χ3n) is 3.11. The summed E-state index contributed by atoms with van der Waals surface area (Å²) in [6.45, 7) is 0. The zero-order valence-electron chi connectivity index (χ0n) is 8.61. The molecule has 1 aliphatic carbocycles. The van der Waals surface area contributed by atoms with Crippen LogP contribution in [0, 0.1) is 0 Å². The Hall–Kier alpha value is -1.63. The standard InChI is InChI=1S/C14H13N/c1-2-7-13-11(4-1)5-3-6-12-8-9-15-10-14(12)13/h1-2,4,7-10H,3,5-6H2. The highest BCUT2D eigenvalue weighted by Gasteiger charge is 2.12. The van der Waals surface area contributed by atoms with Gasteiger partial charge in [0, 0.05) is 18.0 Å². The van der Waals surface area contributed by atoms with Crippen LogP contribution in [0.25, 0.3) is 11.1 Å². The fourth-order valence-electron chi connectivity index (χ4n) is 2.35. The molecule has 3 rings (SSSR count). The molecule has 0 N–H and O–H groups in total. The van der Waals surface area contributed by atoms with E-state index in [1.807, 2.05) is 12.4 Å². The molecule has 0 unspecified atom stereocenters. The van der Waals surface area contributed by atoms with Crippen molar-refractivity contribution >= 4 is 0 Å². The van der Waals surface area contributed by atoms with Gasteiger partial charge in [0.2, 0.25) is 0 Å². The minimum absolute atomic E-state index is 1.17. The summed E-state index contributed by atoms with van der Waals surface area (Å²) in [6.07, 6.45) is 7.50. The van der Waals surface area contributed by atoms with Crippen molar-refractivity contribution in [3.63, 3.8) is 0 Å². The van der Waals surface area contributed by atoms with E-state index in [0.717, 1.165) is 0 Å². The molecular formula is C14H13N. The van der Waals surface area contributed by atoms with E-state index >= 15 is 0 Å². The smallest absolute Gasteiger partial charge is 0.0349 e. The average Bonchev–Trinajstić information content (AvgIpc) is 2.48. The number of benzene rings is 1. The Morgan fingerprint density at radius 2 is 1.67 bits per heavy atom. The molecule has 15 heavy (non-hydrogen) atoms. The molecule has 0 spiro atoms. The largest absolute Gasteiger partial charge is 0.264 e. The molecule has 0 fully saturated rings. The van der Waals surface area contributed by atoms with Gasteiger partial charge in [-0.1, -0.05) is 24.3 Å². The third kappa shape index (κ3) is 1.44. The SMILES string of the molecule is c1ccc2c(c1)CCCc1ccncc1-2. The van der Waals surface area contributed by atoms with Gasteiger partial charge in [0.15, 0.2) is 0 Å². The summed E-state index contributed by atoms with van der Waals surface area (Å²) in [5, 5.41) is 0. The van der Waals surface area contributed by atoms with Gasteiger partial charge in [-0.3, -0.25) is 4.98 Å². The lowest BCUT2D eigenvalue weighted by Crippen LogP contribution is -1.88. The Bertz CT molecular complexity index is 443. The number of aryl methyl sites for hydroxylation is 2. The van der Waals surface area contributed by atoms with Gasteiger partial charge in [0.05, 0.1) is 0 Å². The van der Waals surface area contributed by atoms with Crippen LogP contribution in [0.2, 0.25) is 0 Å². The first-order valence-electron chi connectivity index (χ1n) is 5.46. The summed E-state index contributed by atoms with van der Waals surface area (Å²) in [5.41, 5.74) is 5.60. The topological polar surface area (TPSA) is 12.9 Å². The number of rotatable bonds is 0. The molecule has 0 radical (unpaired) electrons. The van der Waals surface area contributed by atoms with Crippen LogP contribution in [0.1, 0.15) is 17.5 Å². The van der Waals surface area contributed by atoms with E-state index in [0.29, 0.717) is 0 Å². The Kier molecular flexibility index (Phi) is 2.02. The van der Waals surface area contributed by atoms with E-state index in [1.54, 1.807) is 0 Å². The number of hydrogen-bond donors (Lipinski definition) is 0. The molecule has 0 atom stereocenters. The molecule has 0 saturated heterocycles. The number of fused-ring (bicyclic) bond motifs is 3. The van der Waals surface area contributed by atoms with E-state index in [4.69, 9.17) is 0 Å². The van der Waals surface area contributed by atoms with Crippen LogP contribution in [0.4, 0.5) is 0 Å². The lowest BCUT2D eigenvalue weighted by Gasteiger charge is -2.07. The van der Waals surface area contributed by atoms with Crippen molar-refractivity contribution in [2.24, 2.45) is 0 Å². The third-order valence-corrected chi connectivity index (χ3v) is 3.11. The number of aromatic nitrogens is 1. The number of pyridine rings is 1. The molecule has 2 aromatic rings.